The first-order valence-electron chi connectivity index (χ1n) is 7.51. The molecule has 0 aromatic carbocycles. The van der Waals surface area contributed by atoms with Crippen LogP contribution >= 0.6 is 0 Å². The van der Waals surface area contributed by atoms with E-state index in [1.807, 2.05) is 32.9 Å². The molecule has 1 aromatic heterocycles. The van der Waals surface area contributed by atoms with E-state index < -0.39 is 5.41 Å². The van der Waals surface area contributed by atoms with Gasteiger partial charge in [-0.2, -0.15) is 0 Å². The summed E-state index contributed by atoms with van der Waals surface area (Å²) >= 11 is 0. The number of hydrogen-bond donors (Lipinski definition) is 1. The Morgan fingerprint density at radius 3 is 2.18 bits per heavy atom. The normalized spacial score (nSPS) is 11.9. The number of aromatic nitrogens is 1. The van der Waals surface area contributed by atoms with E-state index in [2.05, 4.69) is 10.3 Å². The maximum Gasteiger partial charge on any atom is 0.237 e. The largest absolute Gasteiger partial charge is 0.351 e. The quantitative estimate of drug-likeness (QED) is 0.847. The molecule has 0 atom stereocenters. The van der Waals surface area contributed by atoms with Gasteiger partial charge in [-0.1, -0.05) is 0 Å². The molecule has 22 heavy (non-hydrogen) atoms. The van der Waals surface area contributed by atoms with Crippen molar-refractivity contribution >= 4 is 11.8 Å². The van der Waals surface area contributed by atoms with Crippen molar-refractivity contribution in [2.75, 3.05) is 13.6 Å². The Hall–Kier alpha value is -1.91. The lowest BCUT2D eigenvalue weighted by atomic mass is 9.89. The molecule has 1 heterocycles. The van der Waals surface area contributed by atoms with Crippen LogP contribution < -0.4 is 5.32 Å². The van der Waals surface area contributed by atoms with E-state index in [0.29, 0.717) is 6.54 Å². The Morgan fingerprint density at radius 1 is 1.14 bits per heavy atom. The fourth-order valence-electron chi connectivity index (χ4n) is 2.02. The van der Waals surface area contributed by atoms with E-state index in [1.165, 1.54) is 0 Å². The molecule has 0 bridgehead atoms. The minimum Gasteiger partial charge on any atom is -0.351 e. The standard InChI is InChI=1S/C17H27N3O2/c1-16(2,3)19-14(21)17(4,5)15(22)20(6)12-9-13-7-10-18-11-8-13/h7-8,10-11H,9,12H2,1-6H3,(H,19,21). The summed E-state index contributed by atoms with van der Waals surface area (Å²) in [7, 11) is 1.73. The van der Waals surface area contributed by atoms with E-state index >= 15 is 0 Å². The lowest BCUT2D eigenvalue weighted by Crippen LogP contribution is -2.53. The van der Waals surface area contributed by atoms with Crippen molar-refractivity contribution in [3.8, 4) is 0 Å². The van der Waals surface area contributed by atoms with Crippen LogP contribution in [0.5, 0.6) is 0 Å². The number of likely N-dealkylation sites (N-methyl/N-ethyl adjacent to an activating group) is 1. The third kappa shape index (κ3) is 5.13. The Bertz CT molecular complexity index is 518. The van der Waals surface area contributed by atoms with Crippen molar-refractivity contribution in [2.24, 2.45) is 5.41 Å². The lowest BCUT2D eigenvalue weighted by molar-refractivity contribution is -0.148. The van der Waals surface area contributed by atoms with Crippen LogP contribution in [-0.4, -0.2) is 40.8 Å². The second kappa shape index (κ2) is 6.90. The van der Waals surface area contributed by atoms with Crippen molar-refractivity contribution in [1.29, 1.82) is 0 Å². The molecule has 0 radical (unpaired) electrons. The highest BCUT2D eigenvalue weighted by Gasteiger charge is 2.39. The first-order chi connectivity index (χ1) is 10.0. The number of nitrogens with one attached hydrogen (secondary N) is 1. The van der Waals surface area contributed by atoms with Gasteiger partial charge in [0.25, 0.3) is 0 Å². The molecule has 0 saturated heterocycles. The van der Waals surface area contributed by atoms with Gasteiger partial charge in [-0.05, 0) is 58.7 Å². The number of hydrogen-bond acceptors (Lipinski definition) is 3. The van der Waals surface area contributed by atoms with Crippen molar-refractivity contribution in [2.45, 2.75) is 46.6 Å². The maximum atomic E-state index is 12.6. The molecule has 122 valence electrons. The average molecular weight is 305 g/mol. The van der Waals surface area contributed by atoms with Gasteiger partial charge in [0, 0.05) is 31.5 Å². The van der Waals surface area contributed by atoms with E-state index in [9.17, 15) is 9.59 Å². The van der Waals surface area contributed by atoms with Gasteiger partial charge in [-0.25, -0.2) is 0 Å². The molecule has 1 N–H and O–H groups in total. The molecule has 5 heteroatoms. The molecule has 0 fully saturated rings. The number of amides is 2. The molecule has 1 aromatic rings. The van der Waals surface area contributed by atoms with Gasteiger partial charge in [0.2, 0.25) is 11.8 Å². The zero-order chi connectivity index (χ0) is 17.0. The highest BCUT2D eigenvalue weighted by atomic mass is 16.2. The Kier molecular flexibility index (Phi) is 5.69. The summed E-state index contributed by atoms with van der Waals surface area (Å²) in [4.78, 5) is 30.5. The maximum absolute atomic E-state index is 12.6. The fourth-order valence-corrected chi connectivity index (χ4v) is 2.02. The van der Waals surface area contributed by atoms with Gasteiger partial charge in [-0.3, -0.25) is 14.6 Å². The van der Waals surface area contributed by atoms with Gasteiger partial charge in [0.05, 0.1) is 0 Å². The summed E-state index contributed by atoms with van der Waals surface area (Å²) in [6.45, 7) is 9.60. The van der Waals surface area contributed by atoms with Crippen LogP contribution in [0.1, 0.15) is 40.2 Å². The molecule has 0 aliphatic heterocycles. The topological polar surface area (TPSA) is 62.3 Å². The van der Waals surface area contributed by atoms with Crippen LogP contribution in [0.3, 0.4) is 0 Å². The molecule has 2 amide bonds. The third-order valence-electron chi connectivity index (χ3n) is 3.42. The lowest BCUT2D eigenvalue weighted by Gasteiger charge is -2.31. The summed E-state index contributed by atoms with van der Waals surface area (Å²) in [5.41, 5.74) is -0.323. The van der Waals surface area contributed by atoms with Gasteiger partial charge in [0.15, 0.2) is 0 Å². The second-order valence-electron chi connectivity index (χ2n) is 7.16. The van der Waals surface area contributed by atoms with Crippen LogP contribution in [0.2, 0.25) is 0 Å². The van der Waals surface area contributed by atoms with Gasteiger partial charge >= 0.3 is 0 Å². The Balaban J connectivity index is 2.66. The molecular weight excluding hydrogens is 278 g/mol. The summed E-state index contributed by atoms with van der Waals surface area (Å²) in [6.07, 6.45) is 4.21. The molecule has 0 aliphatic rings. The number of nitrogens with zero attached hydrogens (tertiary/aromatic N) is 2. The van der Waals surface area contributed by atoms with Crippen LogP contribution in [0.4, 0.5) is 0 Å². The van der Waals surface area contributed by atoms with Crippen LogP contribution in [0, 0.1) is 5.41 Å². The predicted octanol–water partition coefficient (Wildman–Crippen LogP) is 2.02. The fraction of sp³-hybridized carbons (Fsp3) is 0.588. The van der Waals surface area contributed by atoms with Crippen LogP contribution in [0.25, 0.3) is 0 Å². The summed E-state index contributed by atoms with van der Waals surface area (Å²) < 4.78 is 0. The van der Waals surface area contributed by atoms with Crippen molar-refractivity contribution < 1.29 is 9.59 Å². The molecule has 0 unspecified atom stereocenters. The second-order valence-corrected chi connectivity index (χ2v) is 7.16. The average Bonchev–Trinajstić information content (AvgIpc) is 2.43. The molecular formula is C17H27N3O2. The Morgan fingerprint density at radius 2 is 1.68 bits per heavy atom. The van der Waals surface area contributed by atoms with E-state index in [4.69, 9.17) is 0 Å². The highest BCUT2D eigenvalue weighted by molar-refractivity contribution is 6.04. The van der Waals surface area contributed by atoms with E-state index in [1.54, 1.807) is 38.2 Å². The van der Waals surface area contributed by atoms with E-state index in [0.717, 1.165) is 12.0 Å². The number of carbonyl (C=O) groups is 2. The third-order valence-corrected chi connectivity index (χ3v) is 3.42. The monoisotopic (exact) mass is 305 g/mol. The van der Waals surface area contributed by atoms with Gasteiger partial charge in [0.1, 0.15) is 5.41 Å². The van der Waals surface area contributed by atoms with Gasteiger partial charge < -0.3 is 10.2 Å². The summed E-state index contributed by atoms with van der Waals surface area (Å²) in [5, 5.41) is 2.87. The highest BCUT2D eigenvalue weighted by Crippen LogP contribution is 2.20. The molecule has 0 saturated carbocycles. The minimum atomic E-state index is -1.08. The summed E-state index contributed by atoms with van der Waals surface area (Å²) in [6, 6.07) is 3.85. The van der Waals surface area contributed by atoms with Gasteiger partial charge in [-0.15, -0.1) is 0 Å². The van der Waals surface area contributed by atoms with Crippen LogP contribution in [-0.2, 0) is 16.0 Å². The zero-order valence-corrected chi connectivity index (χ0v) is 14.4. The molecule has 0 spiro atoms. The number of pyridine rings is 1. The SMILES string of the molecule is CN(CCc1ccncc1)C(=O)C(C)(C)C(=O)NC(C)(C)C. The predicted molar refractivity (Wildman–Crippen MR) is 87.3 cm³/mol. The molecule has 1 rings (SSSR count). The number of carbonyl (C=O) groups excluding carboxylic acids is 2. The first kappa shape index (κ1) is 18.1. The summed E-state index contributed by atoms with van der Waals surface area (Å²) in [5.74, 6) is -0.427. The first-order valence-corrected chi connectivity index (χ1v) is 7.51. The van der Waals surface area contributed by atoms with E-state index in [-0.39, 0.29) is 17.4 Å². The van der Waals surface area contributed by atoms with Crippen LogP contribution in [0.15, 0.2) is 24.5 Å². The smallest absolute Gasteiger partial charge is 0.237 e. The molecule has 0 aliphatic carbocycles. The number of rotatable bonds is 5. The Labute approximate surface area is 133 Å². The zero-order valence-electron chi connectivity index (χ0n) is 14.4. The minimum absolute atomic E-state index is 0.177. The van der Waals surface area contributed by atoms with Crippen molar-refractivity contribution in [1.82, 2.24) is 15.2 Å². The molecule has 5 nitrogen and oxygen atoms in total. The van der Waals surface area contributed by atoms with Crippen molar-refractivity contribution in [3.63, 3.8) is 0 Å². The van der Waals surface area contributed by atoms with Crippen molar-refractivity contribution in [3.05, 3.63) is 30.1 Å².